The smallest absolute Gasteiger partial charge is 0.307 e. The van der Waals surface area contributed by atoms with E-state index in [-0.39, 0.29) is 23.8 Å². The molecule has 1 aliphatic rings. The van der Waals surface area contributed by atoms with Gasteiger partial charge in [0.1, 0.15) is 0 Å². The molecule has 0 aromatic heterocycles. The summed E-state index contributed by atoms with van der Waals surface area (Å²) in [5.74, 6) is -0.285. The van der Waals surface area contributed by atoms with Gasteiger partial charge in [0.2, 0.25) is 10.0 Å². The number of anilines is 1. The Morgan fingerprint density at radius 1 is 1.17 bits per heavy atom. The third-order valence-electron chi connectivity index (χ3n) is 4.32. The zero-order valence-electron chi connectivity index (χ0n) is 15.3. The van der Waals surface area contributed by atoms with E-state index in [9.17, 15) is 18.0 Å². The molecule has 0 spiro atoms. The topological polar surface area (TPSA) is 107 Å². The average molecular weight is 455 g/mol. The van der Waals surface area contributed by atoms with Gasteiger partial charge in [-0.1, -0.05) is 11.6 Å². The van der Waals surface area contributed by atoms with Gasteiger partial charge in [-0.15, -0.1) is 11.8 Å². The molecule has 0 unspecified atom stereocenters. The summed E-state index contributed by atoms with van der Waals surface area (Å²) in [7, 11) is -3.80. The quantitative estimate of drug-likeness (QED) is 0.509. The van der Waals surface area contributed by atoms with Crippen LogP contribution in [-0.2, 0) is 30.8 Å². The van der Waals surface area contributed by atoms with Gasteiger partial charge in [-0.2, -0.15) is 0 Å². The number of ether oxygens (including phenoxy) is 1. The van der Waals surface area contributed by atoms with Gasteiger partial charge in [-0.3, -0.25) is 9.59 Å². The maximum atomic E-state index is 12.4. The third kappa shape index (κ3) is 5.72. The van der Waals surface area contributed by atoms with Crippen LogP contribution in [0.5, 0.6) is 0 Å². The first kappa shape index (κ1) is 21.6. The SMILES string of the molecule is NS(=O)(=O)c1ccc2c(c1)CCN2C(=O)COC(=O)CCSc1ccc(Cl)cc1. The molecular formula is C19H19ClN2O5S2. The summed E-state index contributed by atoms with van der Waals surface area (Å²) in [6.07, 6.45) is 0.686. The minimum Gasteiger partial charge on any atom is -0.456 e. The molecule has 2 aromatic carbocycles. The van der Waals surface area contributed by atoms with Gasteiger partial charge in [-0.25, -0.2) is 13.6 Å². The van der Waals surface area contributed by atoms with Gasteiger partial charge in [0.05, 0.1) is 11.3 Å². The second kappa shape index (κ2) is 9.17. The van der Waals surface area contributed by atoms with Crippen molar-refractivity contribution in [1.29, 1.82) is 0 Å². The second-order valence-electron chi connectivity index (χ2n) is 6.34. The standard InChI is InChI=1S/C19H19ClN2O5S2/c20-14-1-3-15(4-2-14)28-10-8-19(24)27-12-18(23)22-9-7-13-11-16(29(21,25)26)5-6-17(13)22/h1-6,11H,7-10,12H2,(H2,21,25,26). The highest BCUT2D eigenvalue weighted by atomic mass is 35.5. The highest BCUT2D eigenvalue weighted by molar-refractivity contribution is 7.99. The largest absolute Gasteiger partial charge is 0.456 e. The Kier molecular flexibility index (Phi) is 6.84. The van der Waals surface area contributed by atoms with Gasteiger partial charge < -0.3 is 9.64 Å². The number of rotatable bonds is 7. The number of thioether (sulfide) groups is 1. The molecule has 154 valence electrons. The molecule has 0 saturated carbocycles. The van der Waals surface area contributed by atoms with E-state index in [2.05, 4.69) is 0 Å². The van der Waals surface area contributed by atoms with Crippen LogP contribution in [0.25, 0.3) is 0 Å². The van der Waals surface area contributed by atoms with Crippen LogP contribution < -0.4 is 10.0 Å². The van der Waals surface area contributed by atoms with E-state index in [1.54, 1.807) is 18.2 Å². The number of nitrogens with two attached hydrogens (primary N) is 1. The molecule has 7 nitrogen and oxygen atoms in total. The molecule has 2 N–H and O–H groups in total. The van der Waals surface area contributed by atoms with Crippen molar-refractivity contribution in [2.75, 3.05) is 23.8 Å². The van der Waals surface area contributed by atoms with Crippen molar-refractivity contribution in [3.8, 4) is 0 Å². The van der Waals surface area contributed by atoms with Gasteiger partial charge in [0.15, 0.2) is 6.61 Å². The number of nitrogens with zero attached hydrogens (tertiary/aromatic N) is 1. The number of benzene rings is 2. The number of carbonyl (C=O) groups is 2. The molecule has 3 rings (SSSR count). The molecule has 0 fully saturated rings. The summed E-state index contributed by atoms with van der Waals surface area (Å²) >= 11 is 7.33. The summed E-state index contributed by atoms with van der Waals surface area (Å²) in [5, 5.41) is 5.79. The molecule has 10 heteroatoms. The lowest BCUT2D eigenvalue weighted by molar-refractivity contribution is -0.147. The molecule has 0 aliphatic carbocycles. The van der Waals surface area contributed by atoms with E-state index in [1.165, 1.54) is 28.8 Å². The van der Waals surface area contributed by atoms with Crippen LogP contribution in [0.3, 0.4) is 0 Å². The number of esters is 1. The van der Waals surface area contributed by atoms with Crippen molar-refractivity contribution in [1.82, 2.24) is 0 Å². The minimum atomic E-state index is -3.80. The maximum absolute atomic E-state index is 12.4. The Morgan fingerprint density at radius 3 is 2.59 bits per heavy atom. The highest BCUT2D eigenvalue weighted by Crippen LogP contribution is 2.30. The van der Waals surface area contributed by atoms with Gasteiger partial charge >= 0.3 is 5.97 Å². The van der Waals surface area contributed by atoms with Gasteiger partial charge in [-0.05, 0) is 54.4 Å². The Bertz CT molecular complexity index is 1030. The lowest BCUT2D eigenvalue weighted by Crippen LogP contribution is -2.33. The fourth-order valence-electron chi connectivity index (χ4n) is 2.89. The van der Waals surface area contributed by atoms with Gasteiger partial charge in [0, 0.05) is 27.9 Å². The minimum absolute atomic E-state index is 0.00941. The first-order valence-corrected chi connectivity index (χ1v) is 11.6. The molecule has 0 radical (unpaired) electrons. The van der Waals surface area contributed by atoms with Gasteiger partial charge in [0.25, 0.3) is 5.91 Å². The number of sulfonamides is 1. The number of primary sulfonamides is 1. The molecule has 0 saturated heterocycles. The highest BCUT2D eigenvalue weighted by Gasteiger charge is 2.26. The summed E-state index contributed by atoms with van der Waals surface area (Å²) in [4.78, 5) is 26.8. The number of hydrogen-bond acceptors (Lipinski definition) is 6. The van der Waals surface area contributed by atoms with Crippen molar-refractivity contribution in [3.05, 3.63) is 53.1 Å². The van der Waals surface area contributed by atoms with Crippen molar-refractivity contribution in [2.24, 2.45) is 5.14 Å². The number of hydrogen-bond donors (Lipinski definition) is 1. The van der Waals surface area contributed by atoms with Crippen LogP contribution in [0.4, 0.5) is 5.69 Å². The summed E-state index contributed by atoms with van der Waals surface area (Å²) < 4.78 is 28.0. The van der Waals surface area contributed by atoms with Crippen LogP contribution in [-0.4, -0.2) is 39.2 Å². The maximum Gasteiger partial charge on any atom is 0.307 e. The van der Waals surface area contributed by atoms with Crippen LogP contribution in [0.15, 0.2) is 52.3 Å². The number of halogens is 1. The van der Waals surface area contributed by atoms with Crippen molar-refractivity contribution < 1.29 is 22.7 Å². The van der Waals surface area contributed by atoms with Crippen LogP contribution >= 0.6 is 23.4 Å². The van der Waals surface area contributed by atoms with Crippen molar-refractivity contribution in [2.45, 2.75) is 22.6 Å². The first-order valence-electron chi connectivity index (χ1n) is 8.74. The molecule has 2 aromatic rings. The normalized spacial score (nSPS) is 13.2. The van der Waals surface area contributed by atoms with Crippen LogP contribution in [0, 0.1) is 0 Å². The molecule has 1 aliphatic heterocycles. The fourth-order valence-corrected chi connectivity index (χ4v) is 4.41. The number of fused-ring (bicyclic) bond motifs is 1. The molecule has 1 heterocycles. The number of amides is 1. The Balaban J connectivity index is 1.48. The summed E-state index contributed by atoms with van der Waals surface area (Å²) in [5.41, 5.74) is 1.33. The Labute approximate surface area is 178 Å². The van der Waals surface area contributed by atoms with E-state index in [0.29, 0.717) is 29.4 Å². The number of carbonyl (C=O) groups excluding carboxylic acids is 2. The molecule has 0 bridgehead atoms. The second-order valence-corrected chi connectivity index (χ2v) is 9.51. The van der Waals surface area contributed by atoms with E-state index < -0.39 is 16.0 Å². The van der Waals surface area contributed by atoms with Crippen molar-refractivity contribution in [3.63, 3.8) is 0 Å². The van der Waals surface area contributed by atoms with E-state index in [1.807, 2.05) is 12.1 Å². The molecule has 29 heavy (non-hydrogen) atoms. The van der Waals surface area contributed by atoms with E-state index in [0.717, 1.165) is 10.5 Å². The fraction of sp³-hybridized carbons (Fsp3) is 0.263. The monoisotopic (exact) mass is 454 g/mol. The first-order chi connectivity index (χ1) is 13.7. The van der Waals surface area contributed by atoms with Crippen LogP contribution in [0.2, 0.25) is 5.02 Å². The zero-order valence-corrected chi connectivity index (χ0v) is 17.7. The third-order valence-corrected chi connectivity index (χ3v) is 6.50. The molecule has 0 atom stereocenters. The predicted molar refractivity (Wildman–Crippen MR) is 112 cm³/mol. The Hall–Kier alpha value is -2.07. The molecular weight excluding hydrogens is 436 g/mol. The predicted octanol–water partition coefficient (Wildman–Crippen LogP) is 2.60. The summed E-state index contributed by atoms with van der Waals surface area (Å²) in [6.45, 7) is 0.0348. The lowest BCUT2D eigenvalue weighted by Gasteiger charge is -2.17. The molecule has 1 amide bonds. The zero-order chi connectivity index (χ0) is 21.0. The van der Waals surface area contributed by atoms with E-state index >= 15 is 0 Å². The average Bonchev–Trinajstić information content (AvgIpc) is 3.10. The lowest BCUT2D eigenvalue weighted by atomic mass is 10.2. The Morgan fingerprint density at radius 2 is 1.90 bits per heavy atom. The van der Waals surface area contributed by atoms with Crippen LogP contribution in [0.1, 0.15) is 12.0 Å². The summed E-state index contributed by atoms with van der Waals surface area (Å²) in [6, 6.07) is 11.7. The van der Waals surface area contributed by atoms with Crippen molar-refractivity contribution >= 4 is 50.9 Å². The van der Waals surface area contributed by atoms with E-state index in [4.69, 9.17) is 21.5 Å².